The Labute approximate surface area is 172 Å². The minimum atomic E-state index is -0.165. The van der Waals surface area contributed by atoms with E-state index in [1.165, 1.54) is 29.5 Å². The summed E-state index contributed by atoms with van der Waals surface area (Å²) in [6.45, 7) is 5.00. The Kier molecular flexibility index (Phi) is 6.77. The van der Waals surface area contributed by atoms with Gasteiger partial charge in [0.05, 0.1) is 10.9 Å². The van der Waals surface area contributed by atoms with Crippen molar-refractivity contribution in [3.63, 3.8) is 0 Å². The molecule has 0 aliphatic carbocycles. The van der Waals surface area contributed by atoms with Gasteiger partial charge in [0.1, 0.15) is 0 Å². The number of hydrogen-bond donors (Lipinski definition) is 0. The van der Waals surface area contributed by atoms with Gasteiger partial charge in [0.2, 0.25) is 5.91 Å². The van der Waals surface area contributed by atoms with Gasteiger partial charge < -0.3 is 4.90 Å². The molecule has 1 aliphatic rings. The fourth-order valence-electron chi connectivity index (χ4n) is 3.20. The number of aromatic nitrogens is 2. The van der Waals surface area contributed by atoms with Crippen molar-refractivity contribution in [1.29, 1.82) is 0 Å². The van der Waals surface area contributed by atoms with Crippen molar-refractivity contribution in [3.05, 3.63) is 33.2 Å². The number of piperidine rings is 1. The average Bonchev–Trinajstić information content (AvgIpc) is 3.01. The Morgan fingerprint density at radius 2 is 2.15 bits per heavy atom. The van der Waals surface area contributed by atoms with E-state index in [1.807, 2.05) is 31.2 Å². The van der Waals surface area contributed by atoms with Crippen LogP contribution >= 0.6 is 46.9 Å². The average molecular weight is 428 g/mol. The monoisotopic (exact) mass is 427 g/mol. The molecule has 140 valence electrons. The second-order valence-corrected chi connectivity index (χ2v) is 10.0. The van der Waals surface area contributed by atoms with Gasteiger partial charge in [-0.05, 0) is 69.1 Å². The molecule has 2 atom stereocenters. The van der Waals surface area contributed by atoms with Crippen LogP contribution in [0.2, 0.25) is 5.02 Å². The van der Waals surface area contributed by atoms with Crippen LogP contribution in [-0.4, -0.2) is 38.4 Å². The Morgan fingerprint density at radius 1 is 1.42 bits per heavy atom. The highest BCUT2D eigenvalue weighted by Crippen LogP contribution is 2.30. The molecule has 1 amide bonds. The summed E-state index contributed by atoms with van der Waals surface area (Å²) < 4.78 is 3.21. The van der Waals surface area contributed by atoms with E-state index < -0.39 is 0 Å². The molecule has 3 rings (SSSR count). The van der Waals surface area contributed by atoms with Gasteiger partial charge in [0.15, 0.2) is 8.29 Å². The lowest BCUT2D eigenvalue weighted by Gasteiger charge is -2.36. The lowest BCUT2D eigenvalue weighted by atomic mass is 10.00. The maximum atomic E-state index is 12.9. The maximum absolute atomic E-state index is 12.9. The largest absolute Gasteiger partial charge is 0.339 e. The van der Waals surface area contributed by atoms with E-state index >= 15 is 0 Å². The third-order valence-corrected chi connectivity index (χ3v) is 7.26. The summed E-state index contributed by atoms with van der Waals surface area (Å²) >= 11 is 14.3. The summed E-state index contributed by atoms with van der Waals surface area (Å²) in [5.41, 5.74) is 0.878. The van der Waals surface area contributed by atoms with Crippen LogP contribution in [0.3, 0.4) is 0 Å². The Hall–Kier alpha value is -0.890. The van der Waals surface area contributed by atoms with E-state index in [4.69, 9.17) is 23.8 Å². The van der Waals surface area contributed by atoms with Crippen molar-refractivity contribution >= 4 is 52.8 Å². The number of carbonyl (C=O) groups is 1. The van der Waals surface area contributed by atoms with E-state index in [2.05, 4.69) is 16.9 Å². The highest BCUT2D eigenvalue weighted by Gasteiger charge is 2.29. The number of nitrogens with zero attached hydrogens (tertiary/aromatic N) is 3. The molecule has 1 aromatic carbocycles. The Morgan fingerprint density at radius 3 is 2.85 bits per heavy atom. The molecule has 8 heteroatoms. The predicted molar refractivity (Wildman–Crippen MR) is 112 cm³/mol. The first-order valence-electron chi connectivity index (χ1n) is 8.83. The maximum Gasteiger partial charge on any atom is 0.236 e. The standard InChI is InChI=1S/C18H22ClN3OS3/c1-3-14-6-4-5-11-21(14)16(23)12(2)25-17-20-22(18(24)26-17)15-9-7-13(19)8-10-15/h7-10,12,14H,3-6,11H2,1-2H3/t12-,14+/m1/s1. The number of carbonyl (C=O) groups excluding carboxylic acids is 1. The number of thioether (sulfide) groups is 1. The van der Waals surface area contributed by atoms with Crippen molar-refractivity contribution in [3.8, 4) is 5.69 Å². The highest BCUT2D eigenvalue weighted by molar-refractivity contribution is 8.02. The number of rotatable bonds is 5. The molecule has 1 aromatic heterocycles. The van der Waals surface area contributed by atoms with Gasteiger partial charge in [-0.2, -0.15) is 0 Å². The van der Waals surface area contributed by atoms with E-state index in [9.17, 15) is 4.79 Å². The van der Waals surface area contributed by atoms with Crippen LogP contribution in [0, 0.1) is 3.95 Å². The topological polar surface area (TPSA) is 38.1 Å². The van der Waals surface area contributed by atoms with Crippen LogP contribution in [0.25, 0.3) is 5.69 Å². The third kappa shape index (κ3) is 4.50. The fraction of sp³-hybridized carbons (Fsp3) is 0.500. The quantitative estimate of drug-likeness (QED) is 0.460. The molecule has 1 fully saturated rings. The van der Waals surface area contributed by atoms with Gasteiger partial charge in [-0.3, -0.25) is 4.79 Å². The van der Waals surface area contributed by atoms with Gasteiger partial charge in [0.25, 0.3) is 0 Å². The van der Waals surface area contributed by atoms with Crippen molar-refractivity contribution in [1.82, 2.24) is 14.7 Å². The second kappa shape index (κ2) is 8.87. The van der Waals surface area contributed by atoms with Crippen molar-refractivity contribution in [2.24, 2.45) is 0 Å². The molecule has 0 N–H and O–H groups in total. The Balaban J connectivity index is 1.72. The zero-order valence-electron chi connectivity index (χ0n) is 14.9. The SMILES string of the molecule is CC[C@H]1CCCCN1C(=O)[C@@H](C)Sc1nn(-c2ccc(Cl)cc2)c(=S)s1. The van der Waals surface area contributed by atoms with E-state index in [0.717, 1.165) is 35.8 Å². The summed E-state index contributed by atoms with van der Waals surface area (Å²) in [4.78, 5) is 15.0. The van der Waals surface area contributed by atoms with Crippen molar-refractivity contribution < 1.29 is 4.79 Å². The number of amides is 1. The summed E-state index contributed by atoms with van der Waals surface area (Å²) in [5.74, 6) is 0.209. The summed E-state index contributed by atoms with van der Waals surface area (Å²) in [7, 11) is 0. The normalized spacial score (nSPS) is 18.7. The molecular formula is C18H22ClN3OS3. The number of benzene rings is 1. The molecule has 0 unspecified atom stereocenters. The van der Waals surface area contributed by atoms with Gasteiger partial charge >= 0.3 is 0 Å². The molecule has 0 radical (unpaired) electrons. The molecule has 0 saturated carbocycles. The first-order valence-corrected chi connectivity index (χ1v) is 11.3. The first-order chi connectivity index (χ1) is 12.5. The molecule has 0 bridgehead atoms. The van der Waals surface area contributed by atoms with Gasteiger partial charge in [-0.25, -0.2) is 4.68 Å². The van der Waals surface area contributed by atoms with Crippen molar-refractivity contribution in [2.45, 2.75) is 55.2 Å². The molecule has 4 nitrogen and oxygen atoms in total. The van der Waals surface area contributed by atoms with E-state index in [-0.39, 0.29) is 11.2 Å². The van der Waals surface area contributed by atoms with E-state index in [1.54, 1.807) is 4.68 Å². The van der Waals surface area contributed by atoms with Crippen LogP contribution in [0.4, 0.5) is 0 Å². The summed E-state index contributed by atoms with van der Waals surface area (Å²) in [5, 5.41) is 5.11. The molecule has 2 aromatic rings. The van der Waals surface area contributed by atoms with Crippen molar-refractivity contribution in [2.75, 3.05) is 6.54 Å². The van der Waals surface area contributed by atoms with Gasteiger partial charge in [-0.1, -0.05) is 41.6 Å². The first kappa shape index (κ1) is 19.9. The zero-order chi connectivity index (χ0) is 18.7. The summed E-state index contributed by atoms with van der Waals surface area (Å²) in [6, 6.07) is 7.79. The Bertz CT molecular complexity index is 818. The summed E-state index contributed by atoms with van der Waals surface area (Å²) in [6.07, 6.45) is 4.46. The highest BCUT2D eigenvalue weighted by atomic mass is 35.5. The van der Waals surface area contributed by atoms with Crippen LogP contribution < -0.4 is 0 Å². The van der Waals surface area contributed by atoms with Crippen LogP contribution in [0.1, 0.15) is 39.5 Å². The van der Waals surface area contributed by atoms with Crippen LogP contribution in [-0.2, 0) is 4.79 Å². The molecule has 0 spiro atoms. The number of likely N-dealkylation sites (tertiary alicyclic amines) is 1. The molecule has 2 heterocycles. The lowest BCUT2D eigenvalue weighted by molar-refractivity contribution is -0.134. The third-order valence-electron chi connectivity index (χ3n) is 4.61. The van der Waals surface area contributed by atoms with E-state index in [0.29, 0.717) is 15.0 Å². The van der Waals surface area contributed by atoms with Crippen LogP contribution in [0.15, 0.2) is 28.6 Å². The zero-order valence-corrected chi connectivity index (χ0v) is 18.1. The molecule has 1 aliphatic heterocycles. The minimum absolute atomic E-state index is 0.165. The molecular weight excluding hydrogens is 406 g/mol. The van der Waals surface area contributed by atoms with Crippen LogP contribution in [0.5, 0.6) is 0 Å². The van der Waals surface area contributed by atoms with Gasteiger partial charge in [-0.15, -0.1) is 5.10 Å². The minimum Gasteiger partial charge on any atom is -0.339 e. The molecule has 1 saturated heterocycles. The molecule has 26 heavy (non-hydrogen) atoms. The lowest BCUT2D eigenvalue weighted by Crippen LogP contribution is -2.46. The second-order valence-electron chi connectivity index (χ2n) is 6.37. The predicted octanol–water partition coefficient (Wildman–Crippen LogP) is 5.59. The number of halogens is 1. The smallest absolute Gasteiger partial charge is 0.236 e. The van der Waals surface area contributed by atoms with Gasteiger partial charge in [0, 0.05) is 17.6 Å². The fourth-order valence-corrected chi connectivity index (χ4v) is 5.91. The number of hydrogen-bond acceptors (Lipinski definition) is 5.